The molecule has 0 aliphatic rings. The van der Waals surface area contributed by atoms with Crippen LogP contribution in [0.5, 0.6) is 0 Å². The summed E-state index contributed by atoms with van der Waals surface area (Å²) in [6, 6.07) is 46.6. The smallest absolute Gasteiger partial charge is 0.160 e. The summed E-state index contributed by atoms with van der Waals surface area (Å²) in [6.45, 7) is 0. The maximum absolute atomic E-state index is 6.80. The molecule has 0 saturated heterocycles. The average Bonchev–Trinajstić information content (AvgIpc) is 3.05. The molecule has 0 radical (unpaired) electrons. The fourth-order valence-electron chi connectivity index (χ4n) is 4.98. The Morgan fingerprint density at radius 1 is 0.390 bits per heavy atom. The number of rotatable bonds is 5. The van der Waals surface area contributed by atoms with Crippen molar-refractivity contribution >= 4 is 22.6 Å². The second kappa shape index (κ2) is 10.8. The number of benzene rings is 5. The molecule has 0 saturated carbocycles. The number of nitrogens with zero attached hydrogens (tertiary/aromatic N) is 4. The third-order valence-electron chi connectivity index (χ3n) is 7.01. The van der Waals surface area contributed by atoms with Gasteiger partial charge in [-0.05, 0) is 35.4 Å². The standard InChI is InChI=1S/C36H23ClN4/c37-35-34(38-30-18-10-11-19-31(30)39-35)28-21-20-27(24-12-4-1-5-13-24)22-29(28)33-23-32(25-14-6-2-7-15-25)40-36(41-33)26-16-8-3-9-17-26/h1-23H. The van der Waals surface area contributed by atoms with Crippen LogP contribution in [-0.2, 0) is 0 Å². The Balaban J connectivity index is 1.51. The van der Waals surface area contributed by atoms with Gasteiger partial charge in [-0.15, -0.1) is 0 Å². The van der Waals surface area contributed by atoms with Crippen molar-refractivity contribution in [1.82, 2.24) is 19.9 Å². The lowest BCUT2D eigenvalue weighted by atomic mass is 9.94. The van der Waals surface area contributed by atoms with Crippen molar-refractivity contribution in [1.29, 1.82) is 0 Å². The second-order valence-corrected chi connectivity index (χ2v) is 10.0. The minimum absolute atomic E-state index is 0.345. The molecular formula is C36H23ClN4. The third kappa shape index (κ3) is 4.97. The zero-order chi connectivity index (χ0) is 27.6. The molecule has 41 heavy (non-hydrogen) atoms. The molecule has 2 aromatic heterocycles. The number of fused-ring (bicyclic) bond motifs is 1. The largest absolute Gasteiger partial charge is 0.243 e. The van der Waals surface area contributed by atoms with Crippen LogP contribution in [0.25, 0.3) is 67.3 Å². The molecule has 5 aromatic carbocycles. The molecule has 0 atom stereocenters. The van der Waals surface area contributed by atoms with Gasteiger partial charge in [-0.3, -0.25) is 0 Å². The SMILES string of the molecule is Clc1nc2ccccc2nc1-c1ccc(-c2ccccc2)cc1-c1cc(-c2ccccc2)nc(-c2ccccc2)n1. The van der Waals surface area contributed by atoms with Crippen molar-refractivity contribution in [3.63, 3.8) is 0 Å². The highest BCUT2D eigenvalue weighted by Crippen LogP contribution is 2.39. The lowest BCUT2D eigenvalue weighted by Crippen LogP contribution is -1.99. The molecule has 7 aromatic rings. The average molecular weight is 547 g/mol. The molecule has 0 N–H and O–H groups in total. The highest BCUT2D eigenvalue weighted by Gasteiger charge is 2.19. The quantitative estimate of drug-likeness (QED) is 0.216. The van der Waals surface area contributed by atoms with Gasteiger partial charge in [0.1, 0.15) is 5.69 Å². The zero-order valence-corrected chi connectivity index (χ0v) is 22.7. The Hall–Kier alpha value is -5.19. The number of halogens is 1. The molecule has 4 nitrogen and oxygen atoms in total. The molecule has 0 fully saturated rings. The number of para-hydroxylation sites is 2. The van der Waals surface area contributed by atoms with E-state index in [1.54, 1.807) is 0 Å². The Morgan fingerprint density at radius 3 is 1.63 bits per heavy atom. The van der Waals surface area contributed by atoms with E-state index < -0.39 is 0 Å². The Bertz CT molecular complexity index is 1930. The van der Waals surface area contributed by atoms with Gasteiger partial charge in [0.25, 0.3) is 0 Å². The van der Waals surface area contributed by atoms with Crippen LogP contribution in [0.3, 0.4) is 0 Å². The summed E-state index contributed by atoms with van der Waals surface area (Å²) in [5.41, 5.74) is 9.63. The molecule has 194 valence electrons. The first kappa shape index (κ1) is 24.8. The normalized spacial score (nSPS) is 11.0. The van der Waals surface area contributed by atoms with E-state index in [0.717, 1.165) is 55.8 Å². The first-order chi connectivity index (χ1) is 20.2. The van der Waals surface area contributed by atoms with E-state index in [0.29, 0.717) is 16.7 Å². The minimum Gasteiger partial charge on any atom is -0.243 e. The molecular weight excluding hydrogens is 524 g/mol. The summed E-state index contributed by atoms with van der Waals surface area (Å²) in [6.07, 6.45) is 0. The summed E-state index contributed by atoms with van der Waals surface area (Å²) in [5.74, 6) is 0.647. The molecule has 0 aliphatic heterocycles. The van der Waals surface area contributed by atoms with Crippen LogP contribution < -0.4 is 0 Å². The maximum atomic E-state index is 6.80. The van der Waals surface area contributed by atoms with Crippen LogP contribution in [0.1, 0.15) is 0 Å². The number of hydrogen-bond acceptors (Lipinski definition) is 4. The van der Waals surface area contributed by atoms with Gasteiger partial charge >= 0.3 is 0 Å². The predicted octanol–water partition coefficient (Wildman–Crippen LogP) is 9.41. The monoisotopic (exact) mass is 546 g/mol. The Labute approximate surface area is 243 Å². The topological polar surface area (TPSA) is 51.6 Å². The van der Waals surface area contributed by atoms with E-state index in [9.17, 15) is 0 Å². The van der Waals surface area contributed by atoms with Gasteiger partial charge in [-0.2, -0.15) is 0 Å². The first-order valence-electron chi connectivity index (χ1n) is 13.4. The minimum atomic E-state index is 0.345. The highest BCUT2D eigenvalue weighted by atomic mass is 35.5. The first-order valence-corrected chi connectivity index (χ1v) is 13.7. The van der Waals surface area contributed by atoms with E-state index in [2.05, 4.69) is 47.4 Å². The summed E-state index contributed by atoms with van der Waals surface area (Å²) in [4.78, 5) is 19.7. The van der Waals surface area contributed by atoms with E-state index in [1.807, 2.05) is 97.1 Å². The summed E-state index contributed by atoms with van der Waals surface area (Å²) < 4.78 is 0. The predicted molar refractivity (Wildman–Crippen MR) is 167 cm³/mol. The van der Waals surface area contributed by atoms with Crippen LogP contribution in [0.4, 0.5) is 0 Å². The lowest BCUT2D eigenvalue weighted by molar-refractivity contribution is 1.18. The fraction of sp³-hybridized carbons (Fsp3) is 0. The van der Waals surface area contributed by atoms with Crippen molar-refractivity contribution < 1.29 is 0 Å². The van der Waals surface area contributed by atoms with Gasteiger partial charge in [0.15, 0.2) is 11.0 Å². The summed E-state index contributed by atoms with van der Waals surface area (Å²) >= 11 is 6.80. The van der Waals surface area contributed by atoms with Crippen LogP contribution in [-0.4, -0.2) is 19.9 Å². The fourth-order valence-corrected chi connectivity index (χ4v) is 5.22. The molecule has 0 bridgehead atoms. The van der Waals surface area contributed by atoms with Crippen LogP contribution >= 0.6 is 11.6 Å². The number of aromatic nitrogens is 4. The molecule has 0 unspecified atom stereocenters. The Kier molecular flexibility index (Phi) is 6.51. The highest BCUT2D eigenvalue weighted by molar-refractivity contribution is 6.32. The van der Waals surface area contributed by atoms with Crippen molar-refractivity contribution in [2.45, 2.75) is 0 Å². The van der Waals surface area contributed by atoms with Gasteiger partial charge in [0.2, 0.25) is 0 Å². The van der Waals surface area contributed by atoms with Crippen molar-refractivity contribution in [2.24, 2.45) is 0 Å². The van der Waals surface area contributed by atoms with E-state index >= 15 is 0 Å². The molecule has 2 heterocycles. The van der Waals surface area contributed by atoms with Crippen molar-refractivity contribution in [2.75, 3.05) is 0 Å². The third-order valence-corrected chi connectivity index (χ3v) is 7.28. The maximum Gasteiger partial charge on any atom is 0.160 e. The second-order valence-electron chi connectivity index (χ2n) is 9.67. The van der Waals surface area contributed by atoms with Gasteiger partial charge in [0.05, 0.1) is 22.4 Å². The van der Waals surface area contributed by atoms with Gasteiger partial charge in [-0.1, -0.05) is 127 Å². The molecule has 5 heteroatoms. The van der Waals surface area contributed by atoms with E-state index in [1.165, 1.54) is 0 Å². The lowest BCUT2D eigenvalue weighted by Gasteiger charge is -2.15. The molecule has 7 rings (SSSR count). The van der Waals surface area contributed by atoms with E-state index in [4.69, 9.17) is 26.6 Å². The van der Waals surface area contributed by atoms with Gasteiger partial charge in [0, 0.05) is 22.3 Å². The van der Waals surface area contributed by atoms with Crippen LogP contribution in [0.2, 0.25) is 5.15 Å². The summed E-state index contributed by atoms with van der Waals surface area (Å²) in [5, 5.41) is 0.345. The molecule has 0 spiro atoms. The van der Waals surface area contributed by atoms with Gasteiger partial charge in [-0.25, -0.2) is 19.9 Å². The molecule has 0 amide bonds. The summed E-state index contributed by atoms with van der Waals surface area (Å²) in [7, 11) is 0. The molecule has 0 aliphatic carbocycles. The zero-order valence-electron chi connectivity index (χ0n) is 21.9. The van der Waals surface area contributed by atoms with Crippen molar-refractivity contribution in [3.05, 3.63) is 145 Å². The van der Waals surface area contributed by atoms with Crippen molar-refractivity contribution in [3.8, 4) is 56.3 Å². The number of hydrogen-bond donors (Lipinski definition) is 0. The van der Waals surface area contributed by atoms with Crippen LogP contribution in [0.15, 0.2) is 140 Å². The van der Waals surface area contributed by atoms with E-state index in [-0.39, 0.29) is 0 Å². The Morgan fingerprint density at radius 2 is 0.951 bits per heavy atom. The van der Waals surface area contributed by atoms with Gasteiger partial charge < -0.3 is 0 Å². The van der Waals surface area contributed by atoms with Crippen LogP contribution in [0, 0.1) is 0 Å².